The molecule has 0 aromatic rings. The molecule has 0 bridgehead atoms. The highest BCUT2D eigenvalue weighted by atomic mass is 16.5. The highest BCUT2D eigenvalue weighted by Gasteiger charge is 2.00. The van der Waals surface area contributed by atoms with Gasteiger partial charge >= 0.3 is 0 Å². The maximum absolute atomic E-state index is 5.32. The summed E-state index contributed by atoms with van der Waals surface area (Å²) in [4.78, 5) is 0. The Hall–Kier alpha value is -0.520. The van der Waals surface area contributed by atoms with Gasteiger partial charge in [0.2, 0.25) is 0 Å². The van der Waals surface area contributed by atoms with Crippen LogP contribution >= 0.6 is 0 Å². The summed E-state index contributed by atoms with van der Waals surface area (Å²) < 4.78 is 5.18. The molecule has 0 spiro atoms. The van der Waals surface area contributed by atoms with Crippen LogP contribution < -0.4 is 5.32 Å². The van der Waals surface area contributed by atoms with E-state index in [4.69, 9.17) is 11.2 Å². The molecule has 0 aromatic heterocycles. The van der Waals surface area contributed by atoms with Gasteiger partial charge in [-0.25, -0.2) is 0 Å². The van der Waals surface area contributed by atoms with Crippen LogP contribution in [0.3, 0.4) is 0 Å². The SMILES string of the molecule is C#CC(CCC)NCCOCC. The van der Waals surface area contributed by atoms with E-state index in [1.54, 1.807) is 0 Å². The van der Waals surface area contributed by atoms with Crippen molar-refractivity contribution in [3.05, 3.63) is 0 Å². The molecule has 0 aliphatic heterocycles. The molecule has 1 N–H and O–H groups in total. The van der Waals surface area contributed by atoms with Crippen LogP contribution in [-0.2, 0) is 4.74 Å². The lowest BCUT2D eigenvalue weighted by molar-refractivity contribution is 0.148. The Morgan fingerprint density at radius 3 is 2.75 bits per heavy atom. The van der Waals surface area contributed by atoms with E-state index < -0.39 is 0 Å². The van der Waals surface area contributed by atoms with Crippen LogP contribution in [0.5, 0.6) is 0 Å². The molecule has 0 heterocycles. The zero-order valence-electron chi connectivity index (χ0n) is 8.10. The Balaban J connectivity index is 3.27. The maximum atomic E-state index is 5.32. The van der Waals surface area contributed by atoms with Crippen molar-refractivity contribution in [1.29, 1.82) is 0 Å². The average molecular weight is 169 g/mol. The minimum absolute atomic E-state index is 0.218. The first-order chi connectivity index (χ1) is 5.85. The maximum Gasteiger partial charge on any atom is 0.0687 e. The Morgan fingerprint density at radius 1 is 1.50 bits per heavy atom. The second kappa shape index (κ2) is 8.58. The first-order valence-electron chi connectivity index (χ1n) is 4.62. The summed E-state index contributed by atoms with van der Waals surface area (Å²) in [5.41, 5.74) is 0. The number of hydrogen-bond acceptors (Lipinski definition) is 2. The fourth-order valence-electron chi connectivity index (χ4n) is 0.983. The predicted molar refractivity (Wildman–Crippen MR) is 52.0 cm³/mol. The standard InChI is InChI=1S/C10H19NO/c1-4-7-10(5-2)11-8-9-12-6-3/h2,10-11H,4,6-9H2,1,3H3. The van der Waals surface area contributed by atoms with Crippen LogP contribution in [-0.4, -0.2) is 25.8 Å². The molecule has 0 aliphatic rings. The number of ether oxygens (including phenoxy) is 1. The van der Waals surface area contributed by atoms with E-state index in [2.05, 4.69) is 18.2 Å². The van der Waals surface area contributed by atoms with Gasteiger partial charge in [0.15, 0.2) is 0 Å². The topological polar surface area (TPSA) is 21.3 Å². The number of rotatable bonds is 7. The third-order valence-electron chi connectivity index (χ3n) is 1.62. The smallest absolute Gasteiger partial charge is 0.0687 e. The molecule has 70 valence electrons. The van der Waals surface area contributed by atoms with E-state index in [0.717, 1.165) is 32.6 Å². The van der Waals surface area contributed by atoms with Gasteiger partial charge in [0.05, 0.1) is 12.6 Å². The van der Waals surface area contributed by atoms with Crippen molar-refractivity contribution in [3.63, 3.8) is 0 Å². The van der Waals surface area contributed by atoms with Crippen LogP contribution in [0.2, 0.25) is 0 Å². The predicted octanol–water partition coefficient (Wildman–Crippen LogP) is 1.41. The molecule has 0 aromatic carbocycles. The summed E-state index contributed by atoms with van der Waals surface area (Å²) in [7, 11) is 0. The first kappa shape index (κ1) is 11.5. The zero-order valence-corrected chi connectivity index (χ0v) is 8.10. The number of hydrogen-bond donors (Lipinski definition) is 1. The van der Waals surface area contributed by atoms with Crippen LogP contribution in [0.15, 0.2) is 0 Å². The summed E-state index contributed by atoms with van der Waals surface area (Å²) in [6.45, 7) is 6.50. The quantitative estimate of drug-likeness (QED) is 0.459. The molecule has 2 nitrogen and oxygen atoms in total. The number of terminal acetylenes is 1. The molecule has 0 amide bonds. The van der Waals surface area contributed by atoms with Gasteiger partial charge in [-0.1, -0.05) is 19.3 Å². The van der Waals surface area contributed by atoms with Crippen molar-refractivity contribution in [2.24, 2.45) is 0 Å². The molecule has 0 saturated heterocycles. The fourth-order valence-corrected chi connectivity index (χ4v) is 0.983. The largest absolute Gasteiger partial charge is 0.380 e. The summed E-state index contributed by atoms with van der Waals surface area (Å²) in [5.74, 6) is 2.71. The fraction of sp³-hybridized carbons (Fsp3) is 0.800. The van der Waals surface area contributed by atoms with Crippen molar-refractivity contribution < 1.29 is 4.74 Å². The van der Waals surface area contributed by atoms with Crippen molar-refractivity contribution in [3.8, 4) is 12.3 Å². The van der Waals surface area contributed by atoms with Gasteiger partial charge in [0.1, 0.15) is 0 Å². The van der Waals surface area contributed by atoms with Crippen LogP contribution in [0, 0.1) is 12.3 Å². The molecule has 0 fully saturated rings. The summed E-state index contributed by atoms with van der Waals surface area (Å²) in [6, 6.07) is 0.218. The molecule has 0 radical (unpaired) electrons. The molecule has 0 rings (SSSR count). The first-order valence-corrected chi connectivity index (χ1v) is 4.62. The highest BCUT2D eigenvalue weighted by Crippen LogP contribution is 1.93. The monoisotopic (exact) mass is 169 g/mol. The minimum Gasteiger partial charge on any atom is -0.380 e. The summed E-state index contributed by atoms with van der Waals surface area (Å²) in [5, 5.41) is 3.24. The molecule has 0 saturated carbocycles. The second-order valence-electron chi connectivity index (χ2n) is 2.66. The normalized spacial score (nSPS) is 12.4. The van der Waals surface area contributed by atoms with Gasteiger partial charge in [0, 0.05) is 13.2 Å². The van der Waals surface area contributed by atoms with E-state index in [9.17, 15) is 0 Å². The van der Waals surface area contributed by atoms with E-state index >= 15 is 0 Å². The van der Waals surface area contributed by atoms with Gasteiger partial charge < -0.3 is 10.1 Å². The second-order valence-corrected chi connectivity index (χ2v) is 2.66. The van der Waals surface area contributed by atoms with Crippen LogP contribution in [0.1, 0.15) is 26.7 Å². The lowest BCUT2D eigenvalue weighted by atomic mass is 10.2. The van der Waals surface area contributed by atoms with Crippen LogP contribution in [0.25, 0.3) is 0 Å². The molecular formula is C10H19NO. The Kier molecular flexibility index (Phi) is 8.20. The lowest BCUT2D eigenvalue weighted by Crippen LogP contribution is -2.30. The minimum atomic E-state index is 0.218. The average Bonchev–Trinajstić information content (AvgIpc) is 2.10. The van der Waals surface area contributed by atoms with E-state index in [1.807, 2.05) is 6.92 Å². The van der Waals surface area contributed by atoms with Gasteiger partial charge in [-0.15, -0.1) is 6.42 Å². The van der Waals surface area contributed by atoms with Crippen molar-refractivity contribution >= 4 is 0 Å². The van der Waals surface area contributed by atoms with Crippen molar-refractivity contribution in [2.45, 2.75) is 32.7 Å². The Bertz CT molecular complexity index is 128. The van der Waals surface area contributed by atoms with E-state index in [0.29, 0.717) is 0 Å². The van der Waals surface area contributed by atoms with Gasteiger partial charge in [-0.3, -0.25) is 0 Å². The van der Waals surface area contributed by atoms with Gasteiger partial charge in [0.25, 0.3) is 0 Å². The zero-order chi connectivity index (χ0) is 9.23. The van der Waals surface area contributed by atoms with Crippen molar-refractivity contribution in [2.75, 3.05) is 19.8 Å². The number of nitrogens with one attached hydrogen (secondary N) is 1. The highest BCUT2D eigenvalue weighted by molar-refractivity contribution is 4.98. The van der Waals surface area contributed by atoms with E-state index in [-0.39, 0.29) is 6.04 Å². The molecule has 1 atom stereocenters. The van der Waals surface area contributed by atoms with Crippen LogP contribution in [0.4, 0.5) is 0 Å². The Morgan fingerprint density at radius 2 is 2.25 bits per heavy atom. The van der Waals surface area contributed by atoms with Gasteiger partial charge in [-0.2, -0.15) is 0 Å². The van der Waals surface area contributed by atoms with Crippen molar-refractivity contribution in [1.82, 2.24) is 5.32 Å². The molecule has 1 unspecified atom stereocenters. The molecular weight excluding hydrogens is 150 g/mol. The van der Waals surface area contributed by atoms with Gasteiger partial charge in [-0.05, 0) is 13.3 Å². The van der Waals surface area contributed by atoms with E-state index in [1.165, 1.54) is 0 Å². The third-order valence-corrected chi connectivity index (χ3v) is 1.62. The Labute approximate surface area is 75.7 Å². The third kappa shape index (κ3) is 6.21. The molecule has 12 heavy (non-hydrogen) atoms. The lowest BCUT2D eigenvalue weighted by Gasteiger charge is -2.11. The molecule has 0 aliphatic carbocycles. The summed E-state index contributed by atoms with van der Waals surface area (Å²) in [6.07, 6.45) is 7.49. The molecule has 2 heteroatoms. The summed E-state index contributed by atoms with van der Waals surface area (Å²) >= 11 is 0.